The molecular formula is C9H5ClFNO2. The van der Waals surface area contributed by atoms with E-state index in [0.29, 0.717) is 0 Å². The van der Waals surface area contributed by atoms with Crippen molar-refractivity contribution in [3.05, 3.63) is 29.9 Å². The van der Waals surface area contributed by atoms with Gasteiger partial charge >= 0.3 is 0 Å². The van der Waals surface area contributed by atoms with Crippen molar-refractivity contribution < 1.29 is 13.6 Å². The zero-order valence-electron chi connectivity index (χ0n) is 6.96. The molecule has 14 heavy (non-hydrogen) atoms. The molecular weight excluding hydrogens is 209 g/mol. The number of aromatic nitrogens is 1. The molecule has 0 aliphatic heterocycles. The molecule has 0 unspecified atom stereocenters. The first-order valence-electron chi connectivity index (χ1n) is 3.86. The highest BCUT2D eigenvalue weighted by Gasteiger charge is 2.14. The van der Waals surface area contributed by atoms with Gasteiger partial charge in [0.2, 0.25) is 5.78 Å². The van der Waals surface area contributed by atoms with Crippen molar-refractivity contribution in [2.45, 2.75) is 0 Å². The summed E-state index contributed by atoms with van der Waals surface area (Å²) in [5.74, 6) is -1.35. The van der Waals surface area contributed by atoms with E-state index in [2.05, 4.69) is 4.98 Å². The molecule has 0 bridgehead atoms. The lowest BCUT2D eigenvalue weighted by Crippen LogP contribution is -1.99. The number of para-hydroxylation sites is 1. The number of halogens is 2. The van der Waals surface area contributed by atoms with Crippen molar-refractivity contribution in [1.82, 2.24) is 4.98 Å². The number of nitrogens with zero attached hydrogens (tertiary/aromatic N) is 1. The smallest absolute Gasteiger partial charge is 0.265 e. The SMILES string of the molecule is O=C(CCl)c1nc2c(F)cccc2o1. The second kappa shape index (κ2) is 3.38. The Morgan fingerprint density at radius 1 is 1.57 bits per heavy atom. The van der Waals surface area contributed by atoms with Crippen LogP contribution < -0.4 is 0 Å². The summed E-state index contributed by atoms with van der Waals surface area (Å²) in [7, 11) is 0. The molecule has 0 N–H and O–H groups in total. The molecule has 3 nitrogen and oxygen atoms in total. The number of hydrogen-bond acceptors (Lipinski definition) is 3. The number of benzene rings is 1. The summed E-state index contributed by atoms with van der Waals surface area (Å²) in [5.41, 5.74) is 0.305. The van der Waals surface area contributed by atoms with Crippen molar-refractivity contribution in [1.29, 1.82) is 0 Å². The van der Waals surface area contributed by atoms with Crippen molar-refractivity contribution in [2.24, 2.45) is 0 Å². The lowest BCUT2D eigenvalue weighted by atomic mass is 10.3. The highest BCUT2D eigenvalue weighted by atomic mass is 35.5. The quantitative estimate of drug-likeness (QED) is 0.568. The fourth-order valence-electron chi connectivity index (χ4n) is 1.09. The number of fused-ring (bicyclic) bond motifs is 1. The molecule has 0 saturated heterocycles. The second-order valence-electron chi connectivity index (χ2n) is 2.66. The van der Waals surface area contributed by atoms with Gasteiger partial charge in [-0.2, -0.15) is 0 Å². The minimum absolute atomic E-state index is 0.0565. The zero-order chi connectivity index (χ0) is 10.1. The molecule has 1 heterocycles. The molecule has 0 atom stereocenters. The van der Waals surface area contributed by atoms with E-state index < -0.39 is 11.6 Å². The summed E-state index contributed by atoms with van der Waals surface area (Å²) in [6.07, 6.45) is 0. The molecule has 0 spiro atoms. The Kier molecular flexibility index (Phi) is 2.21. The standard InChI is InChI=1S/C9H5ClFNO2/c10-4-6(13)9-12-8-5(11)2-1-3-7(8)14-9/h1-3H,4H2. The van der Waals surface area contributed by atoms with Gasteiger partial charge in [-0.15, -0.1) is 11.6 Å². The summed E-state index contributed by atoms with van der Waals surface area (Å²) in [6.45, 7) is 0. The third-order valence-corrected chi connectivity index (χ3v) is 1.97. The third-order valence-electron chi connectivity index (χ3n) is 1.73. The zero-order valence-corrected chi connectivity index (χ0v) is 7.71. The van der Waals surface area contributed by atoms with Crippen LogP contribution in [0.2, 0.25) is 0 Å². The first-order valence-corrected chi connectivity index (χ1v) is 4.40. The Balaban J connectivity index is 2.62. The Hall–Kier alpha value is -1.42. The van der Waals surface area contributed by atoms with Gasteiger partial charge < -0.3 is 4.42 Å². The van der Waals surface area contributed by atoms with E-state index in [0.717, 1.165) is 0 Å². The second-order valence-corrected chi connectivity index (χ2v) is 2.93. The molecule has 0 aliphatic rings. The molecule has 0 amide bonds. The van der Waals surface area contributed by atoms with Crippen LogP contribution in [-0.2, 0) is 0 Å². The number of hydrogen-bond donors (Lipinski definition) is 0. The molecule has 2 aromatic rings. The maximum Gasteiger partial charge on any atom is 0.265 e. The monoisotopic (exact) mass is 213 g/mol. The number of Topliss-reactive ketones (excluding diaryl/α,β-unsaturated/α-hetero) is 1. The van der Waals surface area contributed by atoms with E-state index >= 15 is 0 Å². The largest absolute Gasteiger partial charge is 0.434 e. The normalized spacial score (nSPS) is 10.7. The number of oxazole rings is 1. The first kappa shape index (κ1) is 9.15. The minimum Gasteiger partial charge on any atom is -0.434 e. The number of carbonyl (C=O) groups is 1. The average Bonchev–Trinajstić information content (AvgIpc) is 2.62. The summed E-state index contributed by atoms with van der Waals surface area (Å²) in [4.78, 5) is 14.8. The lowest BCUT2D eigenvalue weighted by molar-refractivity contribution is 0.0986. The van der Waals surface area contributed by atoms with Crippen LogP contribution in [-0.4, -0.2) is 16.6 Å². The predicted molar refractivity (Wildman–Crippen MR) is 49.0 cm³/mol. The number of carbonyl (C=O) groups excluding carboxylic acids is 1. The van der Waals surface area contributed by atoms with Crippen LogP contribution in [0.1, 0.15) is 10.7 Å². The fraction of sp³-hybridized carbons (Fsp3) is 0.111. The van der Waals surface area contributed by atoms with Crippen molar-refractivity contribution in [3.8, 4) is 0 Å². The molecule has 2 rings (SSSR count). The first-order chi connectivity index (χ1) is 6.72. The number of alkyl halides is 1. The Labute approximate surface area is 83.5 Å². The van der Waals surface area contributed by atoms with Crippen LogP contribution in [0, 0.1) is 5.82 Å². The van der Waals surface area contributed by atoms with E-state index in [1.165, 1.54) is 18.2 Å². The van der Waals surface area contributed by atoms with Crippen LogP contribution in [0.5, 0.6) is 0 Å². The Bertz CT molecular complexity index is 495. The number of ketones is 1. The molecule has 72 valence electrons. The van der Waals surface area contributed by atoms with Crippen molar-refractivity contribution >= 4 is 28.5 Å². The maximum atomic E-state index is 13.1. The van der Waals surface area contributed by atoms with Gasteiger partial charge in [0.25, 0.3) is 5.89 Å². The maximum absolute atomic E-state index is 13.1. The van der Waals surface area contributed by atoms with Gasteiger partial charge in [0.15, 0.2) is 11.4 Å². The van der Waals surface area contributed by atoms with Gasteiger partial charge in [0.1, 0.15) is 5.52 Å². The van der Waals surface area contributed by atoms with Gasteiger partial charge in [-0.3, -0.25) is 4.79 Å². The molecule has 0 aliphatic carbocycles. The molecule has 0 radical (unpaired) electrons. The summed E-state index contributed by atoms with van der Waals surface area (Å²) < 4.78 is 18.1. The van der Waals surface area contributed by atoms with Gasteiger partial charge in [-0.05, 0) is 12.1 Å². The molecule has 1 aromatic heterocycles. The van der Waals surface area contributed by atoms with Crippen LogP contribution in [0.25, 0.3) is 11.1 Å². The summed E-state index contributed by atoms with van der Waals surface area (Å²) >= 11 is 5.31. The van der Waals surface area contributed by atoms with Crippen molar-refractivity contribution in [2.75, 3.05) is 5.88 Å². The van der Waals surface area contributed by atoms with Gasteiger partial charge in [0, 0.05) is 0 Å². The summed E-state index contributed by atoms with van der Waals surface area (Å²) in [5, 5.41) is 0. The molecule has 0 fully saturated rings. The van der Waals surface area contributed by atoms with Crippen LogP contribution in [0.15, 0.2) is 22.6 Å². The van der Waals surface area contributed by atoms with Gasteiger partial charge in [-0.1, -0.05) is 6.07 Å². The number of rotatable bonds is 2. The fourth-order valence-corrected chi connectivity index (χ4v) is 1.21. The Morgan fingerprint density at radius 3 is 3.00 bits per heavy atom. The van der Waals surface area contributed by atoms with E-state index in [1.54, 1.807) is 0 Å². The van der Waals surface area contributed by atoms with Gasteiger partial charge in [-0.25, -0.2) is 9.37 Å². The minimum atomic E-state index is -0.514. The van der Waals surface area contributed by atoms with Crippen LogP contribution in [0.3, 0.4) is 0 Å². The highest BCUT2D eigenvalue weighted by molar-refractivity contribution is 6.29. The highest BCUT2D eigenvalue weighted by Crippen LogP contribution is 2.18. The van der Waals surface area contributed by atoms with E-state index in [4.69, 9.17) is 16.0 Å². The molecule has 1 aromatic carbocycles. The van der Waals surface area contributed by atoms with Gasteiger partial charge in [0.05, 0.1) is 5.88 Å². The van der Waals surface area contributed by atoms with E-state index in [9.17, 15) is 9.18 Å². The Morgan fingerprint density at radius 2 is 2.36 bits per heavy atom. The lowest BCUT2D eigenvalue weighted by Gasteiger charge is -1.85. The van der Waals surface area contributed by atoms with Crippen LogP contribution in [0.4, 0.5) is 4.39 Å². The van der Waals surface area contributed by atoms with E-state index in [1.807, 2.05) is 0 Å². The van der Waals surface area contributed by atoms with E-state index in [-0.39, 0.29) is 22.9 Å². The summed E-state index contributed by atoms with van der Waals surface area (Å²) in [6, 6.07) is 4.27. The van der Waals surface area contributed by atoms with Crippen molar-refractivity contribution in [3.63, 3.8) is 0 Å². The molecule has 0 saturated carbocycles. The molecule has 5 heteroatoms. The third kappa shape index (κ3) is 1.37. The average molecular weight is 214 g/mol. The van der Waals surface area contributed by atoms with Crippen LogP contribution >= 0.6 is 11.6 Å². The topological polar surface area (TPSA) is 43.1 Å². The predicted octanol–water partition coefficient (Wildman–Crippen LogP) is 2.39.